The molecule has 0 unspecified atom stereocenters. The Labute approximate surface area is 224 Å². The molecule has 190 valence electrons. The third-order valence-corrected chi connectivity index (χ3v) is 7.00. The summed E-state index contributed by atoms with van der Waals surface area (Å²) in [5.74, 6) is 1.34. The second-order valence-corrected chi connectivity index (χ2v) is 9.66. The molecule has 1 fully saturated rings. The third kappa shape index (κ3) is 5.23. The van der Waals surface area contributed by atoms with Gasteiger partial charge in [0.15, 0.2) is 23.6 Å². The van der Waals surface area contributed by atoms with Gasteiger partial charge in [0, 0.05) is 36.8 Å². The van der Waals surface area contributed by atoms with Gasteiger partial charge in [0.05, 0.1) is 16.9 Å². The fourth-order valence-electron chi connectivity index (χ4n) is 4.24. The molecular formula is C26H25Cl2N7O2. The Balaban J connectivity index is 1.32. The Morgan fingerprint density at radius 2 is 1.84 bits per heavy atom. The summed E-state index contributed by atoms with van der Waals surface area (Å²) < 4.78 is 5.81. The number of aryl methyl sites for hydroxylation is 1. The number of nitrogens with two attached hydrogens (primary N) is 1. The fourth-order valence-corrected chi connectivity index (χ4v) is 4.74. The number of piperazine rings is 1. The summed E-state index contributed by atoms with van der Waals surface area (Å²) in [6.45, 7) is 6.12. The van der Waals surface area contributed by atoms with Crippen molar-refractivity contribution in [2.45, 2.75) is 13.8 Å². The maximum atomic E-state index is 12.8. The smallest absolute Gasteiger partial charge is 0.260 e. The van der Waals surface area contributed by atoms with Crippen LogP contribution >= 0.6 is 23.2 Å². The van der Waals surface area contributed by atoms with E-state index >= 15 is 0 Å². The van der Waals surface area contributed by atoms with Crippen molar-refractivity contribution >= 4 is 52.0 Å². The summed E-state index contributed by atoms with van der Waals surface area (Å²) in [6, 6.07) is 11.0. The molecule has 1 saturated heterocycles. The molecule has 37 heavy (non-hydrogen) atoms. The van der Waals surface area contributed by atoms with Crippen molar-refractivity contribution in [3.8, 4) is 17.0 Å². The van der Waals surface area contributed by atoms with Crippen molar-refractivity contribution in [3.05, 3.63) is 63.8 Å². The maximum Gasteiger partial charge on any atom is 0.260 e. The molecule has 0 saturated carbocycles. The van der Waals surface area contributed by atoms with E-state index in [1.54, 1.807) is 29.3 Å². The van der Waals surface area contributed by atoms with E-state index in [9.17, 15) is 4.79 Å². The summed E-state index contributed by atoms with van der Waals surface area (Å²) in [7, 11) is 0. The van der Waals surface area contributed by atoms with Gasteiger partial charge in [-0.05, 0) is 49.2 Å². The number of rotatable bonds is 5. The van der Waals surface area contributed by atoms with Crippen LogP contribution in [0.5, 0.6) is 5.75 Å². The van der Waals surface area contributed by atoms with Gasteiger partial charge in [0.25, 0.3) is 5.91 Å². The lowest BCUT2D eigenvalue weighted by atomic mass is 10.1. The van der Waals surface area contributed by atoms with Crippen molar-refractivity contribution in [1.29, 1.82) is 0 Å². The minimum Gasteiger partial charge on any atom is -0.483 e. The molecule has 5 rings (SSSR count). The third-order valence-electron chi connectivity index (χ3n) is 6.45. The molecule has 2 N–H and O–H groups in total. The van der Waals surface area contributed by atoms with Crippen LogP contribution < -0.4 is 15.4 Å². The number of anilines is 2. The second kappa shape index (κ2) is 10.4. The minimum atomic E-state index is -0.0629. The molecule has 4 aromatic rings. The van der Waals surface area contributed by atoms with Crippen LogP contribution in [-0.4, -0.2) is 63.5 Å². The quantitative estimate of drug-likeness (QED) is 0.400. The molecule has 0 radical (unpaired) electrons. The molecule has 0 bridgehead atoms. The summed E-state index contributed by atoms with van der Waals surface area (Å²) in [4.78, 5) is 34.6. The van der Waals surface area contributed by atoms with E-state index in [4.69, 9.17) is 38.7 Å². The average Bonchev–Trinajstić information content (AvgIpc) is 2.89. The van der Waals surface area contributed by atoms with Crippen molar-refractivity contribution < 1.29 is 9.53 Å². The Bertz CT molecular complexity index is 1490. The van der Waals surface area contributed by atoms with Gasteiger partial charge in [-0.3, -0.25) is 4.79 Å². The lowest BCUT2D eigenvalue weighted by molar-refractivity contribution is -0.133. The van der Waals surface area contributed by atoms with Crippen molar-refractivity contribution in [1.82, 2.24) is 24.8 Å². The summed E-state index contributed by atoms with van der Waals surface area (Å²) in [5, 5.41) is 1.00. The summed E-state index contributed by atoms with van der Waals surface area (Å²) in [5.41, 5.74) is 10.3. The van der Waals surface area contributed by atoms with E-state index in [0.717, 1.165) is 16.9 Å². The Morgan fingerprint density at radius 3 is 2.59 bits per heavy atom. The van der Waals surface area contributed by atoms with Crippen molar-refractivity contribution in [2.24, 2.45) is 0 Å². The molecular weight excluding hydrogens is 513 g/mol. The Kier molecular flexibility index (Phi) is 6.99. The van der Waals surface area contributed by atoms with Gasteiger partial charge < -0.3 is 20.3 Å². The van der Waals surface area contributed by atoms with Crippen LogP contribution in [0.2, 0.25) is 10.0 Å². The maximum absolute atomic E-state index is 12.8. The largest absolute Gasteiger partial charge is 0.483 e. The highest BCUT2D eigenvalue weighted by Crippen LogP contribution is 2.31. The SMILES string of the molecule is Cc1cccc(OCC(=O)N2CCN(c3nc(N)nc4ncc(-c5ccc(Cl)cc5Cl)nc34)CC2)c1C. The number of amides is 1. The molecule has 3 heterocycles. The number of nitrogen functional groups attached to an aromatic ring is 1. The number of hydrogen-bond donors (Lipinski definition) is 1. The molecule has 1 aliphatic rings. The highest BCUT2D eigenvalue weighted by atomic mass is 35.5. The topological polar surface area (TPSA) is 110 Å². The van der Waals surface area contributed by atoms with E-state index in [-0.39, 0.29) is 18.5 Å². The van der Waals surface area contributed by atoms with Crippen LogP contribution in [0.1, 0.15) is 11.1 Å². The summed E-state index contributed by atoms with van der Waals surface area (Å²) >= 11 is 12.4. The molecule has 1 aliphatic heterocycles. The number of nitrogens with zero attached hydrogens (tertiary/aromatic N) is 6. The summed E-state index contributed by atoms with van der Waals surface area (Å²) in [6.07, 6.45) is 1.60. The van der Waals surface area contributed by atoms with Gasteiger partial charge in [0.2, 0.25) is 5.95 Å². The molecule has 0 spiro atoms. The van der Waals surface area contributed by atoms with E-state index in [2.05, 4.69) is 15.0 Å². The first-order chi connectivity index (χ1) is 17.8. The monoisotopic (exact) mass is 537 g/mol. The normalized spacial score (nSPS) is 13.7. The predicted octanol–water partition coefficient (Wildman–Crippen LogP) is 4.32. The van der Waals surface area contributed by atoms with Crippen LogP contribution in [-0.2, 0) is 4.79 Å². The number of ether oxygens (including phenoxy) is 1. The molecule has 9 nitrogen and oxygen atoms in total. The molecule has 11 heteroatoms. The number of fused-ring (bicyclic) bond motifs is 1. The van der Waals surface area contributed by atoms with E-state index in [1.165, 1.54) is 0 Å². The van der Waals surface area contributed by atoms with Crippen LogP contribution in [0, 0.1) is 13.8 Å². The lowest BCUT2D eigenvalue weighted by Gasteiger charge is -2.35. The molecule has 2 aromatic heterocycles. The van der Waals surface area contributed by atoms with Crippen LogP contribution in [0.25, 0.3) is 22.4 Å². The molecule has 0 atom stereocenters. The average molecular weight is 538 g/mol. The van der Waals surface area contributed by atoms with Gasteiger partial charge >= 0.3 is 0 Å². The number of aromatic nitrogens is 4. The first kappa shape index (κ1) is 25.0. The number of halogens is 2. The van der Waals surface area contributed by atoms with Gasteiger partial charge in [0.1, 0.15) is 5.75 Å². The minimum absolute atomic E-state index is 0.00956. The van der Waals surface area contributed by atoms with Crippen LogP contribution in [0.3, 0.4) is 0 Å². The highest BCUT2D eigenvalue weighted by molar-refractivity contribution is 6.36. The van der Waals surface area contributed by atoms with Crippen LogP contribution in [0.15, 0.2) is 42.6 Å². The van der Waals surface area contributed by atoms with Crippen molar-refractivity contribution in [2.75, 3.05) is 43.4 Å². The van der Waals surface area contributed by atoms with Gasteiger partial charge in [-0.1, -0.05) is 35.3 Å². The van der Waals surface area contributed by atoms with Gasteiger partial charge in [-0.2, -0.15) is 9.97 Å². The zero-order valence-electron chi connectivity index (χ0n) is 20.4. The van der Waals surface area contributed by atoms with Gasteiger partial charge in [-0.25, -0.2) is 9.97 Å². The van der Waals surface area contributed by atoms with E-state index < -0.39 is 0 Å². The first-order valence-electron chi connectivity index (χ1n) is 11.8. The standard InChI is InChI=1S/C26H25Cl2N7O2/c1-15-4-3-5-21(16(15)2)37-14-22(36)34-8-10-35(11-9-34)25-23-24(32-26(29)33-25)30-13-20(31-23)18-7-6-17(27)12-19(18)28/h3-7,12-13H,8-11,14H2,1-2H3,(H2,29,30,32,33). The number of carbonyl (C=O) groups is 1. The van der Waals surface area contributed by atoms with Crippen molar-refractivity contribution in [3.63, 3.8) is 0 Å². The predicted molar refractivity (Wildman–Crippen MR) is 145 cm³/mol. The lowest BCUT2D eigenvalue weighted by Crippen LogP contribution is -2.50. The number of benzene rings is 2. The Morgan fingerprint density at radius 1 is 1.05 bits per heavy atom. The van der Waals surface area contributed by atoms with E-state index in [1.807, 2.05) is 36.9 Å². The Hall–Kier alpha value is -3.69. The highest BCUT2D eigenvalue weighted by Gasteiger charge is 2.25. The van der Waals surface area contributed by atoms with E-state index in [0.29, 0.717) is 64.5 Å². The zero-order chi connectivity index (χ0) is 26.1. The molecule has 1 amide bonds. The zero-order valence-corrected chi connectivity index (χ0v) is 21.9. The fraction of sp³-hybridized carbons (Fsp3) is 0.269. The van der Waals surface area contributed by atoms with Gasteiger partial charge in [-0.15, -0.1) is 0 Å². The number of hydrogen-bond acceptors (Lipinski definition) is 8. The molecule has 0 aliphatic carbocycles. The van der Waals surface area contributed by atoms with Crippen LogP contribution in [0.4, 0.5) is 11.8 Å². The first-order valence-corrected chi connectivity index (χ1v) is 12.5. The molecule has 2 aromatic carbocycles. The second-order valence-electron chi connectivity index (χ2n) is 8.81. The number of carbonyl (C=O) groups excluding carboxylic acids is 1.